The second-order valence-electron chi connectivity index (χ2n) is 5.35. The number of rotatable bonds is 6. The lowest BCUT2D eigenvalue weighted by molar-refractivity contribution is -0.159. The van der Waals surface area contributed by atoms with Crippen LogP contribution in [0.2, 0.25) is 0 Å². The van der Waals surface area contributed by atoms with Gasteiger partial charge in [0.15, 0.2) is 0 Å². The van der Waals surface area contributed by atoms with Crippen LogP contribution in [0.5, 0.6) is 0 Å². The fraction of sp³-hybridized carbons (Fsp3) is 0.533. The van der Waals surface area contributed by atoms with Gasteiger partial charge in [-0.15, -0.1) is 0 Å². The van der Waals surface area contributed by atoms with Gasteiger partial charge in [0.1, 0.15) is 6.54 Å². The van der Waals surface area contributed by atoms with Gasteiger partial charge in [0.2, 0.25) is 5.91 Å². The highest BCUT2D eigenvalue weighted by atomic mass is 19.4. The molecule has 0 aromatic heterocycles. The Kier molecular flexibility index (Phi) is 6.20. The molecule has 0 radical (unpaired) electrons. The highest BCUT2D eigenvalue weighted by Crippen LogP contribution is 2.16. The molecule has 0 saturated heterocycles. The molecule has 0 N–H and O–H groups in total. The zero-order valence-corrected chi connectivity index (χ0v) is 12.5. The number of alkyl halides is 3. The predicted octanol–water partition coefficient (Wildman–Crippen LogP) is 2.92. The van der Waals surface area contributed by atoms with Gasteiger partial charge in [-0.25, -0.2) is 0 Å². The van der Waals surface area contributed by atoms with E-state index in [1.165, 1.54) is 7.05 Å². The van der Waals surface area contributed by atoms with Crippen LogP contribution >= 0.6 is 0 Å². The first-order chi connectivity index (χ1) is 9.69. The molecule has 3 nitrogen and oxygen atoms in total. The van der Waals surface area contributed by atoms with Crippen LogP contribution in [-0.2, 0) is 11.3 Å². The molecule has 0 atom stereocenters. The van der Waals surface area contributed by atoms with E-state index in [0.717, 1.165) is 10.5 Å². The van der Waals surface area contributed by atoms with Crippen LogP contribution in [-0.4, -0.2) is 48.1 Å². The van der Waals surface area contributed by atoms with Crippen molar-refractivity contribution in [2.75, 3.05) is 20.1 Å². The second kappa shape index (κ2) is 7.45. The van der Waals surface area contributed by atoms with Gasteiger partial charge in [-0.3, -0.25) is 9.69 Å². The van der Waals surface area contributed by atoms with Crippen LogP contribution in [0.1, 0.15) is 19.4 Å². The van der Waals surface area contributed by atoms with Crippen molar-refractivity contribution < 1.29 is 18.0 Å². The maximum Gasteiger partial charge on any atom is 0.406 e. The Morgan fingerprint density at radius 1 is 1.19 bits per heavy atom. The average Bonchev–Trinajstić information content (AvgIpc) is 2.36. The van der Waals surface area contributed by atoms with Crippen molar-refractivity contribution in [2.45, 2.75) is 32.6 Å². The molecule has 21 heavy (non-hydrogen) atoms. The van der Waals surface area contributed by atoms with Crippen molar-refractivity contribution in [3.63, 3.8) is 0 Å². The van der Waals surface area contributed by atoms with E-state index in [4.69, 9.17) is 0 Å². The molecule has 0 saturated carbocycles. The first kappa shape index (κ1) is 17.5. The van der Waals surface area contributed by atoms with E-state index in [-0.39, 0.29) is 12.6 Å². The van der Waals surface area contributed by atoms with E-state index in [9.17, 15) is 18.0 Å². The number of carbonyl (C=O) groups is 1. The summed E-state index contributed by atoms with van der Waals surface area (Å²) in [6, 6.07) is 9.61. The Hall–Kier alpha value is -1.56. The molecule has 0 aliphatic carbocycles. The van der Waals surface area contributed by atoms with Crippen LogP contribution < -0.4 is 0 Å². The molecular formula is C15H21F3N2O. The van der Waals surface area contributed by atoms with Crippen LogP contribution in [0.15, 0.2) is 30.3 Å². The van der Waals surface area contributed by atoms with Crippen molar-refractivity contribution in [3.8, 4) is 0 Å². The van der Waals surface area contributed by atoms with E-state index in [1.54, 1.807) is 0 Å². The van der Waals surface area contributed by atoms with E-state index >= 15 is 0 Å². The number of likely N-dealkylation sites (N-methyl/N-ethyl adjacent to an activating group) is 1. The molecule has 0 spiro atoms. The lowest BCUT2D eigenvalue weighted by Gasteiger charge is -2.28. The van der Waals surface area contributed by atoms with Crippen LogP contribution in [0.4, 0.5) is 13.2 Å². The first-order valence-electron chi connectivity index (χ1n) is 6.77. The Morgan fingerprint density at radius 3 is 2.24 bits per heavy atom. The molecule has 0 heterocycles. The first-order valence-corrected chi connectivity index (χ1v) is 6.77. The molecule has 1 aromatic carbocycles. The number of amides is 1. The molecule has 1 aromatic rings. The van der Waals surface area contributed by atoms with E-state index in [2.05, 4.69) is 0 Å². The summed E-state index contributed by atoms with van der Waals surface area (Å²) in [5.41, 5.74) is 1.03. The smallest absolute Gasteiger partial charge is 0.336 e. The fourth-order valence-electron chi connectivity index (χ4n) is 1.89. The Balaban J connectivity index is 2.64. The normalized spacial score (nSPS) is 12.0. The molecule has 118 valence electrons. The van der Waals surface area contributed by atoms with Crippen molar-refractivity contribution in [3.05, 3.63) is 35.9 Å². The predicted molar refractivity (Wildman–Crippen MR) is 75.7 cm³/mol. The van der Waals surface area contributed by atoms with Gasteiger partial charge in [0, 0.05) is 19.6 Å². The standard InChI is InChI=1S/C15H21F3N2O/c1-12(2)20(9-13-7-5-4-6-8-13)10-14(21)19(3)11-15(16,17)18/h4-8,12H,9-11H2,1-3H3. The van der Waals surface area contributed by atoms with Crippen LogP contribution in [0.3, 0.4) is 0 Å². The van der Waals surface area contributed by atoms with E-state index in [0.29, 0.717) is 6.54 Å². The van der Waals surface area contributed by atoms with Gasteiger partial charge < -0.3 is 4.90 Å². The van der Waals surface area contributed by atoms with Gasteiger partial charge in [-0.2, -0.15) is 13.2 Å². The molecule has 0 bridgehead atoms. The van der Waals surface area contributed by atoms with Crippen LogP contribution in [0, 0.1) is 0 Å². The number of carbonyl (C=O) groups excluding carboxylic acids is 1. The summed E-state index contributed by atoms with van der Waals surface area (Å²) in [6.07, 6.45) is -4.37. The third kappa shape index (κ3) is 6.62. The summed E-state index contributed by atoms with van der Waals surface area (Å²) in [4.78, 5) is 14.5. The average molecular weight is 302 g/mol. The highest BCUT2D eigenvalue weighted by Gasteiger charge is 2.31. The second-order valence-corrected chi connectivity index (χ2v) is 5.35. The Labute approximate surface area is 123 Å². The Morgan fingerprint density at radius 2 is 1.76 bits per heavy atom. The SMILES string of the molecule is CC(C)N(CC(=O)N(C)CC(F)(F)F)Cc1ccccc1. The highest BCUT2D eigenvalue weighted by molar-refractivity contribution is 5.78. The third-order valence-electron chi connectivity index (χ3n) is 3.14. The monoisotopic (exact) mass is 302 g/mol. The van der Waals surface area contributed by atoms with Gasteiger partial charge >= 0.3 is 6.18 Å². The van der Waals surface area contributed by atoms with Gasteiger partial charge in [-0.1, -0.05) is 30.3 Å². The quantitative estimate of drug-likeness (QED) is 0.806. The van der Waals surface area contributed by atoms with Gasteiger partial charge in [-0.05, 0) is 19.4 Å². The lowest BCUT2D eigenvalue weighted by Crippen LogP contribution is -2.44. The van der Waals surface area contributed by atoms with E-state index < -0.39 is 18.6 Å². The summed E-state index contributed by atoms with van der Waals surface area (Å²) in [5, 5.41) is 0. The zero-order chi connectivity index (χ0) is 16.0. The molecular weight excluding hydrogens is 281 g/mol. The topological polar surface area (TPSA) is 23.6 Å². The minimum atomic E-state index is -4.37. The number of halogens is 3. The summed E-state index contributed by atoms with van der Waals surface area (Å²) in [6.45, 7) is 3.12. The van der Waals surface area contributed by atoms with Crippen molar-refractivity contribution in [2.24, 2.45) is 0 Å². The van der Waals surface area contributed by atoms with Crippen LogP contribution in [0.25, 0.3) is 0 Å². The van der Waals surface area contributed by atoms with Crippen molar-refractivity contribution >= 4 is 5.91 Å². The minimum absolute atomic E-state index is 0.0286. The summed E-state index contributed by atoms with van der Waals surface area (Å²) >= 11 is 0. The summed E-state index contributed by atoms with van der Waals surface area (Å²) in [7, 11) is 1.18. The van der Waals surface area contributed by atoms with Crippen molar-refractivity contribution in [1.82, 2.24) is 9.80 Å². The summed E-state index contributed by atoms with van der Waals surface area (Å²) in [5.74, 6) is -0.531. The molecule has 6 heteroatoms. The number of hydrogen-bond donors (Lipinski definition) is 0. The largest absolute Gasteiger partial charge is 0.406 e. The molecule has 1 rings (SSSR count). The Bertz CT molecular complexity index is 446. The maximum absolute atomic E-state index is 12.3. The third-order valence-corrected chi connectivity index (χ3v) is 3.14. The van der Waals surface area contributed by atoms with Crippen molar-refractivity contribution in [1.29, 1.82) is 0 Å². The number of benzene rings is 1. The van der Waals surface area contributed by atoms with Gasteiger partial charge in [0.25, 0.3) is 0 Å². The molecule has 1 amide bonds. The molecule has 0 fully saturated rings. The molecule has 0 aliphatic heterocycles. The maximum atomic E-state index is 12.3. The number of nitrogens with zero attached hydrogens (tertiary/aromatic N) is 2. The molecule has 0 aliphatic rings. The zero-order valence-electron chi connectivity index (χ0n) is 12.5. The summed E-state index contributed by atoms with van der Waals surface area (Å²) < 4.78 is 36.9. The number of hydrogen-bond acceptors (Lipinski definition) is 2. The van der Waals surface area contributed by atoms with E-state index in [1.807, 2.05) is 49.1 Å². The minimum Gasteiger partial charge on any atom is -0.336 e. The fourth-order valence-corrected chi connectivity index (χ4v) is 1.89. The van der Waals surface area contributed by atoms with Gasteiger partial charge in [0.05, 0.1) is 6.54 Å². The lowest BCUT2D eigenvalue weighted by atomic mass is 10.2. The molecule has 0 unspecified atom stereocenters.